The van der Waals surface area contributed by atoms with Gasteiger partial charge in [0.2, 0.25) is 0 Å². The van der Waals surface area contributed by atoms with Crippen molar-refractivity contribution >= 4 is 11.8 Å². The number of allylic oxidation sites excluding steroid dienone is 1. The minimum absolute atomic E-state index is 0.0253. The highest BCUT2D eigenvalue weighted by molar-refractivity contribution is 5.84. The maximum Gasteiger partial charge on any atom is 0.303 e. The Morgan fingerprint density at radius 3 is 2.54 bits per heavy atom. The van der Waals surface area contributed by atoms with Crippen molar-refractivity contribution in [2.24, 2.45) is 11.8 Å². The summed E-state index contributed by atoms with van der Waals surface area (Å²) in [5.41, 5.74) is 0. The standard InChI is InChI=1S/C20H34O4/c1-2-3-4-5-6-9-12-16-17(19(22)15-18(16)21)13-10-7-8-11-14-20(23)24/h9,12,16-18,21H,2-8,10-11,13-15H2,1H3,(H,23,24)/b12-9+/t16-,17?,18-/m1/s1. The van der Waals surface area contributed by atoms with Gasteiger partial charge in [0.1, 0.15) is 5.78 Å². The summed E-state index contributed by atoms with van der Waals surface area (Å²) in [4.78, 5) is 22.6. The molecule has 0 aromatic heterocycles. The van der Waals surface area contributed by atoms with Gasteiger partial charge in [-0.25, -0.2) is 0 Å². The van der Waals surface area contributed by atoms with Gasteiger partial charge in [0.05, 0.1) is 6.10 Å². The average Bonchev–Trinajstić information content (AvgIpc) is 2.80. The predicted octanol–water partition coefficient (Wildman–Crippen LogP) is 4.50. The molecule has 0 spiro atoms. The van der Waals surface area contributed by atoms with Crippen molar-refractivity contribution in [2.75, 3.05) is 0 Å². The number of carboxylic acids is 1. The van der Waals surface area contributed by atoms with E-state index in [0.717, 1.165) is 32.1 Å². The van der Waals surface area contributed by atoms with Crippen LogP contribution in [0.15, 0.2) is 12.2 Å². The Balaban J connectivity index is 2.30. The molecule has 24 heavy (non-hydrogen) atoms. The number of hydrogen-bond acceptors (Lipinski definition) is 3. The first-order valence-electron chi connectivity index (χ1n) is 9.65. The molecule has 3 atom stereocenters. The van der Waals surface area contributed by atoms with E-state index in [2.05, 4.69) is 19.1 Å². The summed E-state index contributed by atoms with van der Waals surface area (Å²) in [6.45, 7) is 2.20. The molecule has 4 nitrogen and oxygen atoms in total. The Hall–Kier alpha value is -1.16. The Morgan fingerprint density at radius 1 is 1.12 bits per heavy atom. The molecule has 0 saturated heterocycles. The maximum atomic E-state index is 12.1. The molecule has 0 aliphatic heterocycles. The third-order valence-corrected chi connectivity index (χ3v) is 4.97. The van der Waals surface area contributed by atoms with Crippen LogP contribution in [0.4, 0.5) is 0 Å². The number of carbonyl (C=O) groups is 2. The van der Waals surface area contributed by atoms with Gasteiger partial charge in [0.15, 0.2) is 0 Å². The van der Waals surface area contributed by atoms with E-state index >= 15 is 0 Å². The number of rotatable bonds is 13. The summed E-state index contributed by atoms with van der Waals surface area (Å²) in [6.07, 6.45) is 14.4. The van der Waals surface area contributed by atoms with Crippen LogP contribution in [-0.4, -0.2) is 28.1 Å². The number of ketones is 1. The predicted molar refractivity (Wildman–Crippen MR) is 95.8 cm³/mol. The van der Waals surface area contributed by atoms with Crippen molar-refractivity contribution in [3.63, 3.8) is 0 Å². The summed E-state index contributed by atoms with van der Waals surface area (Å²) >= 11 is 0. The number of aliphatic carboxylic acids is 1. The van der Waals surface area contributed by atoms with Crippen LogP contribution >= 0.6 is 0 Å². The Morgan fingerprint density at radius 2 is 1.83 bits per heavy atom. The van der Waals surface area contributed by atoms with Gasteiger partial charge in [0, 0.05) is 24.7 Å². The van der Waals surface area contributed by atoms with E-state index in [9.17, 15) is 14.7 Å². The number of carboxylic acid groups (broad SMARTS) is 1. The van der Waals surface area contributed by atoms with Gasteiger partial charge in [-0.2, -0.15) is 0 Å². The van der Waals surface area contributed by atoms with Crippen molar-refractivity contribution in [3.05, 3.63) is 12.2 Å². The Labute approximate surface area is 146 Å². The fraction of sp³-hybridized carbons (Fsp3) is 0.800. The molecule has 0 aromatic rings. The molecule has 0 aromatic carbocycles. The van der Waals surface area contributed by atoms with Crippen molar-refractivity contribution < 1.29 is 19.8 Å². The molecule has 138 valence electrons. The van der Waals surface area contributed by atoms with Crippen LogP contribution in [0, 0.1) is 11.8 Å². The molecular formula is C20H34O4. The third kappa shape index (κ3) is 8.09. The lowest BCUT2D eigenvalue weighted by molar-refractivity contribution is -0.137. The molecule has 1 aliphatic carbocycles. The molecule has 2 N–H and O–H groups in total. The summed E-state index contributed by atoms with van der Waals surface area (Å²) in [6, 6.07) is 0. The SMILES string of the molecule is CCCCCC/C=C/[C@@H]1C(CCCCCCC(=O)O)C(=O)C[C@H]1O. The van der Waals surface area contributed by atoms with E-state index in [1.807, 2.05) is 0 Å². The molecule has 1 rings (SSSR count). The normalized spacial score (nSPS) is 24.1. The topological polar surface area (TPSA) is 74.6 Å². The zero-order valence-electron chi connectivity index (χ0n) is 15.1. The van der Waals surface area contributed by atoms with E-state index in [-0.39, 0.29) is 30.5 Å². The summed E-state index contributed by atoms with van der Waals surface area (Å²) in [5, 5.41) is 18.7. The lowest BCUT2D eigenvalue weighted by atomic mass is 9.88. The van der Waals surface area contributed by atoms with Crippen LogP contribution in [0.25, 0.3) is 0 Å². The summed E-state index contributed by atoms with van der Waals surface area (Å²) in [7, 11) is 0. The van der Waals surface area contributed by atoms with E-state index in [1.165, 1.54) is 25.7 Å². The molecule has 1 fully saturated rings. The van der Waals surface area contributed by atoms with Gasteiger partial charge in [-0.3, -0.25) is 9.59 Å². The highest BCUT2D eigenvalue weighted by atomic mass is 16.4. The lowest BCUT2D eigenvalue weighted by Gasteiger charge is -2.17. The second-order valence-electron chi connectivity index (χ2n) is 7.05. The summed E-state index contributed by atoms with van der Waals surface area (Å²) < 4.78 is 0. The van der Waals surface area contributed by atoms with Gasteiger partial charge < -0.3 is 10.2 Å². The molecule has 0 bridgehead atoms. The van der Waals surface area contributed by atoms with Gasteiger partial charge in [0.25, 0.3) is 0 Å². The van der Waals surface area contributed by atoms with Gasteiger partial charge in [-0.1, -0.05) is 57.6 Å². The number of carbonyl (C=O) groups excluding carboxylic acids is 1. The number of hydrogen-bond donors (Lipinski definition) is 2. The fourth-order valence-corrected chi connectivity index (χ4v) is 3.53. The van der Waals surface area contributed by atoms with Crippen LogP contribution in [0.3, 0.4) is 0 Å². The second-order valence-corrected chi connectivity index (χ2v) is 7.05. The number of unbranched alkanes of at least 4 members (excludes halogenated alkanes) is 7. The zero-order valence-corrected chi connectivity index (χ0v) is 15.1. The zero-order chi connectivity index (χ0) is 17.8. The molecule has 1 unspecified atom stereocenters. The first-order chi connectivity index (χ1) is 11.6. The average molecular weight is 338 g/mol. The van der Waals surface area contributed by atoms with E-state index in [1.54, 1.807) is 0 Å². The smallest absolute Gasteiger partial charge is 0.303 e. The second kappa shape index (κ2) is 12.2. The number of aliphatic hydroxyl groups is 1. The molecule has 1 saturated carbocycles. The van der Waals surface area contributed by atoms with Crippen molar-refractivity contribution in [3.8, 4) is 0 Å². The molecule has 0 amide bonds. The fourth-order valence-electron chi connectivity index (χ4n) is 3.53. The monoisotopic (exact) mass is 338 g/mol. The van der Waals surface area contributed by atoms with Crippen molar-refractivity contribution in [1.82, 2.24) is 0 Å². The van der Waals surface area contributed by atoms with Crippen LogP contribution < -0.4 is 0 Å². The minimum Gasteiger partial charge on any atom is -0.481 e. The first kappa shape index (κ1) is 20.9. The molecule has 0 radical (unpaired) electrons. The minimum atomic E-state index is -0.742. The van der Waals surface area contributed by atoms with E-state index < -0.39 is 12.1 Å². The van der Waals surface area contributed by atoms with Crippen LogP contribution in [0.1, 0.15) is 84.0 Å². The molecule has 4 heteroatoms. The number of aliphatic hydroxyl groups excluding tert-OH is 1. The lowest BCUT2D eigenvalue weighted by Crippen LogP contribution is -2.18. The van der Waals surface area contributed by atoms with Gasteiger partial charge >= 0.3 is 5.97 Å². The highest BCUT2D eigenvalue weighted by Crippen LogP contribution is 2.34. The van der Waals surface area contributed by atoms with Crippen molar-refractivity contribution in [2.45, 2.75) is 90.1 Å². The summed E-state index contributed by atoms with van der Waals surface area (Å²) in [5.74, 6) is -0.629. The third-order valence-electron chi connectivity index (χ3n) is 4.97. The first-order valence-corrected chi connectivity index (χ1v) is 9.65. The van der Waals surface area contributed by atoms with Crippen LogP contribution in [-0.2, 0) is 9.59 Å². The Bertz CT molecular complexity index is 402. The number of Topliss-reactive ketones (excluding diaryl/α,β-unsaturated/α-hetero) is 1. The molecular weight excluding hydrogens is 304 g/mol. The Kier molecular flexibility index (Phi) is 10.6. The van der Waals surface area contributed by atoms with E-state index in [0.29, 0.717) is 6.42 Å². The van der Waals surface area contributed by atoms with E-state index in [4.69, 9.17) is 5.11 Å². The largest absolute Gasteiger partial charge is 0.481 e. The van der Waals surface area contributed by atoms with Crippen molar-refractivity contribution in [1.29, 1.82) is 0 Å². The van der Waals surface area contributed by atoms with Gasteiger partial charge in [-0.05, 0) is 25.7 Å². The maximum absolute atomic E-state index is 12.1. The van der Waals surface area contributed by atoms with Crippen LogP contribution in [0.5, 0.6) is 0 Å². The quantitative estimate of drug-likeness (QED) is 0.383. The van der Waals surface area contributed by atoms with Crippen LogP contribution in [0.2, 0.25) is 0 Å². The molecule has 0 heterocycles. The highest BCUT2D eigenvalue weighted by Gasteiger charge is 2.39. The van der Waals surface area contributed by atoms with Gasteiger partial charge in [-0.15, -0.1) is 0 Å². The molecule has 1 aliphatic rings.